The lowest BCUT2D eigenvalue weighted by atomic mass is 9.79. The highest BCUT2D eigenvalue weighted by atomic mass is 16.4. The van der Waals surface area contributed by atoms with Crippen molar-refractivity contribution in [3.63, 3.8) is 0 Å². The van der Waals surface area contributed by atoms with Crippen LogP contribution in [-0.4, -0.2) is 11.1 Å². The zero-order valence-electron chi connectivity index (χ0n) is 16.8. The second-order valence-electron chi connectivity index (χ2n) is 7.81. The van der Waals surface area contributed by atoms with Crippen molar-refractivity contribution in [3.05, 3.63) is 71.8 Å². The molecule has 27 heavy (non-hydrogen) atoms. The number of rotatable bonds is 12. The van der Waals surface area contributed by atoms with Crippen molar-refractivity contribution < 1.29 is 9.90 Å². The monoisotopic (exact) mass is 366 g/mol. The Bertz CT molecular complexity index is 651. The fourth-order valence-corrected chi connectivity index (χ4v) is 4.12. The van der Waals surface area contributed by atoms with E-state index in [2.05, 4.69) is 68.4 Å². The topological polar surface area (TPSA) is 37.3 Å². The Morgan fingerprint density at radius 2 is 1.33 bits per heavy atom. The van der Waals surface area contributed by atoms with E-state index in [-0.39, 0.29) is 5.92 Å². The molecule has 3 unspecified atom stereocenters. The SMILES string of the molecule is CCCC(CC(Cc1ccccc1)CC(CC)Cc1ccccc1)C(=O)O. The van der Waals surface area contributed by atoms with Crippen LogP contribution in [0.1, 0.15) is 57.1 Å². The summed E-state index contributed by atoms with van der Waals surface area (Å²) in [6, 6.07) is 21.2. The van der Waals surface area contributed by atoms with Crippen LogP contribution in [0.15, 0.2) is 60.7 Å². The third-order valence-corrected chi connectivity index (χ3v) is 5.58. The van der Waals surface area contributed by atoms with Gasteiger partial charge >= 0.3 is 5.97 Å². The van der Waals surface area contributed by atoms with E-state index in [1.807, 2.05) is 6.07 Å². The second-order valence-corrected chi connectivity index (χ2v) is 7.81. The molecule has 146 valence electrons. The molecule has 2 heteroatoms. The van der Waals surface area contributed by atoms with Gasteiger partial charge in [-0.1, -0.05) is 87.4 Å². The van der Waals surface area contributed by atoms with Gasteiger partial charge in [0.05, 0.1) is 5.92 Å². The molecule has 0 aliphatic carbocycles. The molecule has 0 saturated carbocycles. The molecule has 0 radical (unpaired) electrons. The van der Waals surface area contributed by atoms with Gasteiger partial charge in [0.15, 0.2) is 0 Å². The fraction of sp³-hybridized carbons (Fsp3) is 0.480. The van der Waals surface area contributed by atoms with Crippen molar-refractivity contribution in [1.29, 1.82) is 0 Å². The van der Waals surface area contributed by atoms with E-state index in [4.69, 9.17) is 0 Å². The first-order valence-electron chi connectivity index (χ1n) is 10.4. The summed E-state index contributed by atoms with van der Waals surface area (Å²) >= 11 is 0. The number of carboxylic acid groups (broad SMARTS) is 1. The van der Waals surface area contributed by atoms with Crippen molar-refractivity contribution in [2.24, 2.45) is 17.8 Å². The Labute approximate surface area is 164 Å². The molecular formula is C25H34O2. The van der Waals surface area contributed by atoms with Crippen LogP contribution in [0.3, 0.4) is 0 Å². The van der Waals surface area contributed by atoms with Gasteiger partial charge in [0.25, 0.3) is 0 Å². The number of hydrogen-bond donors (Lipinski definition) is 1. The highest BCUT2D eigenvalue weighted by molar-refractivity contribution is 5.69. The zero-order valence-corrected chi connectivity index (χ0v) is 16.8. The average Bonchev–Trinajstić information content (AvgIpc) is 2.68. The van der Waals surface area contributed by atoms with E-state index in [9.17, 15) is 9.90 Å². The summed E-state index contributed by atoms with van der Waals surface area (Å²) in [6.07, 6.45) is 6.75. The number of benzene rings is 2. The molecule has 0 bridgehead atoms. The number of hydrogen-bond acceptors (Lipinski definition) is 1. The van der Waals surface area contributed by atoms with Crippen LogP contribution in [0.4, 0.5) is 0 Å². The standard InChI is InChI=1S/C25H34O2/c1-3-11-24(25(26)27)19-23(18-22-14-9-6-10-15-22)17-20(4-2)16-21-12-7-5-8-13-21/h5-10,12-15,20,23-24H,3-4,11,16-19H2,1-2H3,(H,26,27). The third-order valence-electron chi connectivity index (χ3n) is 5.58. The van der Waals surface area contributed by atoms with Crippen LogP contribution >= 0.6 is 0 Å². The summed E-state index contributed by atoms with van der Waals surface area (Å²) in [6.45, 7) is 4.33. The maximum absolute atomic E-state index is 11.7. The summed E-state index contributed by atoms with van der Waals surface area (Å²) in [5, 5.41) is 9.65. The van der Waals surface area contributed by atoms with Gasteiger partial charge in [-0.15, -0.1) is 0 Å². The van der Waals surface area contributed by atoms with Gasteiger partial charge in [0.2, 0.25) is 0 Å². The molecule has 0 saturated heterocycles. The van der Waals surface area contributed by atoms with E-state index >= 15 is 0 Å². The number of carbonyl (C=O) groups is 1. The van der Waals surface area contributed by atoms with Gasteiger partial charge in [0, 0.05) is 0 Å². The Morgan fingerprint density at radius 3 is 1.78 bits per heavy atom. The molecule has 2 aromatic carbocycles. The molecule has 0 aliphatic rings. The Hall–Kier alpha value is -2.09. The van der Waals surface area contributed by atoms with Crippen LogP contribution < -0.4 is 0 Å². The first-order valence-corrected chi connectivity index (χ1v) is 10.4. The molecule has 1 N–H and O–H groups in total. The van der Waals surface area contributed by atoms with Crippen molar-refractivity contribution in [2.45, 2.75) is 58.8 Å². The van der Waals surface area contributed by atoms with Crippen LogP contribution in [0, 0.1) is 17.8 Å². The van der Waals surface area contributed by atoms with E-state index in [0.717, 1.165) is 44.9 Å². The maximum atomic E-state index is 11.7. The fourth-order valence-electron chi connectivity index (χ4n) is 4.12. The predicted molar refractivity (Wildman–Crippen MR) is 113 cm³/mol. The molecule has 0 heterocycles. The molecular weight excluding hydrogens is 332 g/mol. The minimum Gasteiger partial charge on any atom is -0.481 e. The average molecular weight is 367 g/mol. The summed E-state index contributed by atoms with van der Waals surface area (Å²) in [5.74, 6) is 0.148. The first-order chi connectivity index (χ1) is 13.1. The summed E-state index contributed by atoms with van der Waals surface area (Å²) < 4.78 is 0. The van der Waals surface area contributed by atoms with Crippen LogP contribution in [0.25, 0.3) is 0 Å². The smallest absolute Gasteiger partial charge is 0.306 e. The molecule has 2 rings (SSSR count). The van der Waals surface area contributed by atoms with E-state index in [0.29, 0.717) is 11.8 Å². The van der Waals surface area contributed by atoms with Crippen LogP contribution in [-0.2, 0) is 17.6 Å². The minimum absolute atomic E-state index is 0.224. The van der Waals surface area contributed by atoms with Crippen molar-refractivity contribution in [3.8, 4) is 0 Å². The van der Waals surface area contributed by atoms with Gasteiger partial charge in [0.1, 0.15) is 0 Å². The minimum atomic E-state index is -0.633. The molecule has 0 aromatic heterocycles. The Morgan fingerprint density at radius 1 is 0.815 bits per heavy atom. The van der Waals surface area contributed by atoms with E-state index in [1.54, 1.807) is 0 Å². The third kappa shape index (κ3) is 7.58. The second kappa shape index (κ2) is 11.6. The summed E-state index contributed by atoms with van der Waals surface area (Å²) in [5.41, 5.74) is 2.70. The Balaban J connectivity index is 2.10. The van der Waals surface area contributed by atoms with Gasteiger partial charge in [-0.2, -0.15) is 0 Å². The highest BCUT2D eigenvalue weighted by Gasteiger charge is 2.24. The summed E-state index contributed by atoms with van der Waals surface area (Å²) in [7, 11) is 0. The van der Waals surface area contributed by atoms with E-state index < -0.39 is 5.97 Å². The van der Waals surface area contributed by atoms with Gasteiger partial charge in [-0.3, -0.25) is 4.79 Å². The lowest BCUT2D eigenvalue weighted by Crippen LogP contribution is -2.21. The molecule has 0 fully saturated rings. The molecule has 2 aromatic rings. The largest absolute Gasteiger partial charge is 0.481 e. The maximum Gasteiger partial charge on any atom is 0.306 e. The number of aliphatic carboxylic acids is 1. The van der Waals surface area contributed by atoms with Crippen LogP contribution in [0.2, 0.25) is 0 Å². The lowest BCUT2D eigenvalue weighted by Gasteiger charge is -2.26. The molecule has 0 aliphatic heterocycles. The van der Waals surface area contributed by atoms with Gasteiger partial charge < -0.3 is 5.11 Å². The summed E-state index contributed by atoms with van der Waals surface area (Å²) in [4.78, 5) is 11.7. The zero-order chi connectivity index (χ0) is 19.5. The highest BCUT2D eigenvalue weighted by Crippen LogP contribution is 2.29. The van der Waals surface area contributed by atoms with Crippen molar-refractivity contribution >= 4 is 5.97 Å². The van der Waals surface area contributed by atoms with Crippen LogP contribution in [0.5, 0.6) is 0 Å². The first kappa shape index (κ1) is 21.2. The normalized spacial score (nSPS) is 14.4. The van der Waals surface area contributed by atoms with Crippen molar-refractivity contribution in [1.82, 2.24) is 0 Å². The van der Waals surface area contributed by atoms with E-state index in [1.165, 1.54) is 11.1 Å². The lowest BCUT2D eigenvalue weighted by molar-refractivity contribution is -0.142. The predicted octanol–water partition coefficient (Wildman–Crippen LogP) is 6.40. The van der Waals surface area contributed by atoms with Crippen molar-refractivity contribution in [2.75, 3.05) is 0 Å². The number of carboxylic acids is 1. The molecule has 0 amide bonds. The molecule has 0 spiro atoms. The van der Waals surface area contributed by atoms with Gasteiger partial charge in [-0.25, -0.2) is 0 Å². The molecule has 2 nitrogen and oxygen atoms in total. The Kier molecular flexibility index (Phi) is 9.10. The quantitative estimate of drug-likeness (QED) is 0.472. The van der Waals surface area contributed by atoms with Gasteiger partial charge in [-0.05, 0) is 55.1 Å². The molecule has 3 atom stereocenters.